The maximum Gasteiger partial charge on any atom is 0.228 e. The number of halogens is 4. The van der Waals surface area contributed by atoms with Crippen molar-refractivity contribution in [2.75, 3.05) is 19.5 Å². The van der Waals surface area contributed by atoms with E-state index in [1.807, 2.05) is 0 Å². The molecule has 0 aliphatic heterocycles. The van der Waals surface area contributed by atoms with Crippen molar-refractivity contribution < 1.29 is 13.9 Å². The van der Waals surface area contributed by atoms with Gasteiger partial charge in [-0.2, -0.15) is 9.97 Å². The highest BCUT2D eigenvalue weighted by atomic mass is 35.5. The van der Waals surface area contributed by atoms with Crippen LogP contribution in [0.1, 0.15) is 18.8 Å². The lowest BCUT2D eigenvalue weighted by Crippen LogP contribution is -2.13. The van der Waals surface area contributed by atoms with E-state index in [1.165, 1.54) is 26.4 Å². The van der Waals surface area contributed by atoms with Crippen molar-refractivity contribution in [3.63, 3.8) is 0 Å². The van der Waals surface area contributed by atoms with E-state index in [2.05, 4.69) is 35.2 Å². The van der Waals surface area contributed by atoms with Crippen molar-refractivity contribution in [1.29, 1.82) is 0 Å². The molecule has 0 saturated carbocycles. The number of rotatable bonds is 5. The third-order valence-electron chi connectivity index (χ3n) is 3.11. The van der Waals surface area contributed by atoms with Gasteiger partial charge < -0.3 is 14.8 Å². The summed E-state index contributed by atoms with van der Waals surface area (Å²) in [5, 5.41) is 3.57. The second kappa shape index (κ2) is 10.8. The Kier molecular flexibility index (Phi) is 8.50. The molecule has 3 rings (SSSR count). The molecule has 9 nitrogen and oxygen atoms in total. The van der Waals surface area contributed by atoms with Crippen LogP contribution in [0.5, 0.6) is 11.8 Å². The minimum Gasteiger partial charge on any atom is -0.481 e. The highest BCUT2D eigenvalue weighted by Gasteiger charge is 2.11. The minimum absolute atomic E-state index is 0.0874. The Hall–Kier alpha value is -2.56. The predicted molar refractivity (Wildman–Crippen MR) is 106 cm³/mol. The Bertz CT molecular complexity index is 930. The first-order valence-corrected chi connectivity index (χ1v) is 9.00. The zero-order valence-corrected chi connectivity index (χ0v) is 17.7. The van der Waals surface area contributed by atoms with Crippen LogP contribution in [0.4, 0.5) is 10.3 Å². The number of hydrogen-bond acceptors (Lipinski definition) is 9. The monoisotopic (exact) mass is 461 g/mol. The molecule has 154 valence electrons. The van der Waals surface area contributed by atoms with Crippen LogP contribution in [0, 0.1) is 5.82 Å². The van der Waals surface area contributed by atoms with E-state index in [0.29, 0.717) is 17.6 Å². The van der Waals surface area contributed by atoms with Crippen molar-refractivity contribution in [3.8, 4) is 11.8 Å². The number of aromatic nitrogens is 6. The Morgan fingerprint density at radius 3 is 2.00 bits per heavy atom. The van der Waals surface area contributed by atoms with Gasteiger partial charge in [0.1, 0.15) is 16.1 Å². The SMILES string of the molecule is COc1cc(Cl)nc(Cl)n1.COc1cc(Cl)nc(N[C@@H](C)c2ncc(F)cn2)n1. The fraction of sp³-hybridized carbons (Fsp3) is 0.250. The van der Waals surface area contributed by atoms with Crippen molar-refractivity contribution in [2.24, 2.45) is 0 Å². The van der Waals surface area contributed by atoms with Gasteiger partial charge in [-0.05, 0) is 18.5 Å². The van der Waals surface area contributed by atoms with Gasteiger partial charge in [0, 0.05) is 12.1 Å². The first kappa shape index (κ1) is 22.7. The average Bonchev–Trinajstić information content (AvgIpc) is 2.67. The smallest absolute Gasteiger partial charge is 0.228 e. The van der Waals surface area contributed by atoms with E-state index in [1.54, 1.807) is 6.92 Å². The lowest BCUT2D eigenvalue weighted by atomic mass is 10.3. The summed E-state index contributed by atoms with van der Waals surface area (Å²) < 4.78 is 22.5. The Morgan fingerprint density at radius 1 is 0.897 bits per heavy atom. The molecule has 0 amide bonds. The van der Waals surface area contributed by atoms with Gasteiger partial charge >= 0.3 is 0 Å². The summed E-state index contributed by atoms with van der Waals surface area (Å²) in [7, 11) is 2.96. The van der Waals surface area contributed by atoms with E-state index < -0.39 is 5.82 Å². The fourth-order valence-electron chi connectivity index (χ4n) is 1.85. The Labute approximate surface area is 180 Å². The lowest BCUT2D eigenvalue weighted by molar-refractivity contribution is 0.397. The summed E-state index contributed by atoms with van der Waals surface area (Å²) >= 11 is 16.8. The highest BCUT2D eigenvalue weighted by Crippen LogP contribution is 2.19. The number of methoxy groups -OCH3 is 2. The maximum atomic E-state index is 12.7. The van der Waals surface area contributed by atoms with Crippen LogP contribution in [-0.2, 0) is 0 Å². The molecule has 3 aromatic heterocycles. The number of ether oxygens (including phenoxy) is 2. The van der Waals surface area contributed by atoms with Gasteiger partial charge in [0.05, 0.1) is 32.7 Å². The standard InChI is InChI=1S/C11H11ClFN5O.C5H4Cl2N2O/c1-6(10-14-4-7(13)5-15-10)16-11-17-8(12)3-9(18-11)19-2;1-10-4-2-3(6)8-5(7)9-4/h3-6H,1-2H3,(H,16,17,18);2H,1H3/t6-;/m0./s1. The van der Waals surface area contributed by atoms with Gasteiger partial charge in [-0.25, -0.2) is 24.3 Å². The van der Waals surface area contributed by atoms with E-state index >= 15 is 0 Å². The molecule has 0 spiro atoms. The molecular formula is C16H15Cl3FN7O2. The minimum atomic E-state index is -0.489. The topological polar surface area (TPSA) is 108 Å². The van der Waals surface area contributed by atoms with Crippen molar-refractivity contribution in [3.05, 3.63) is 51.8 Å². The van der Waals surface area contributed by atoms with Crippen molar-refractivity contribution >= 4 is 40.8 Å². The molecular weight excluding hydrogens is 448 g/mol. The molecule has 0 bridgehead atoms. The second-order valence-electron chi connectivity index (χ2n) is 5.18. The van der Waals surface area contributed by atoms with Crippen LogP contribution in [-0.4, -0.2) is 44.1 Å². The fourth-order valence-corrected chi connectivity index (χ4v) is 2.41. The second-order valence-corrected chi connectivity index (χ2v) is 6.30. The quantitative estimate of drug-likeness (QED) is 0.444. The Balaban J connectivity index is 0.000000253. The maximum absolute atomic E-state index is 12.7. The molecule has 0 aliphatic rings. The molecule has 0 aliphatic carbocycles. The molecule has 1 N–H and O–H groups in total. The largest absolute Gasteiger partial charge is 0.481 e. The van der Waals surface area contributed by atoms with Crippen molar-refractivity contribution in [1.82, 2.24) is 29.9 Å². The third-order valence-corrected chi connectivity index (χ3v) is 3.66. The van der Waals surface area contributed by atoms with E-state index in [9.17, 15) is 4.39 Å². The van der Waals surface area contributed by atoms with Crippen LogP contribution in [0.3, 0.4) is 0 Å². The molecule has 0 unspecified atom stereocenters. The van der Waals surface area contributed by atoms with E-state index in [4.69, 9.17) is 44.3 Å². The summed E-state index contributed by atoms with van der Waals surface area (Å²) in [6.07, 6.45) is 2.19. The van der Waals surface area contributed by atoms with Crippen molar-refractivity contribution in [2.45, 2.75) is 13.0 Å². The zero-order valence-electron chi connectivity index (χ0n) is 15.4. The predicted octanol–water partition coefficient (Wildman–Crippen LogP) is 4.03. The molecule has 0 fully saturated rings. The molecule has 0 radical (unpaired) electrons. The van der Waals surface area contributed by atoms with Crippen LogP contribution in [0.15, 0.2) is 24.5 Å². The molecule has 3 aromatic rings. The average molecular weight is 463 g/mol. The molecule has 0 aromatic carbocycles. The number of hydrogen-bond donors (Lipinski definition) is 1. The van der Waals surface area contributed by atoms with Crippen LogP contribution < -0.4 is 14.8 Å². The van der Waals surface area contributed by atoms with E-state index in [-0.39, 0.29) is 27.6 Å². The van der Waals surface area contributed by atoms with Gasteiger partial charge in [-0.15, -0.1) is 0 Å². The Morgan fingerprint density at radius 2 is 1.45 bits per heavy atom. The van der Waals surface area contributed by atoms with Gasteiger partial charge in [0.15, 0.2) is 5.82 Å². The van der Waals surface area contributed by atoms with Crippen LogP contribution in [0.2, 0.25) is 15.6 Å². The van der Waals surface area contributed by atoms with Gasteiger partial charge in [0.2, 0.25) is 23.0 Å². The molecule has 1 atom stereocenters. The lowest BCUT2D eigenvalue weighted by Gasteiger charge is -2.12. The summed E-state index contributed by atoms with van der Waals surface area (Å²) in [6.45, 7) is 1.80. The summed E-state index contributed by atoms with van der Waals surface area (Å²) in [5.74, 6) is 0.921. The summed E-state index contributed by atoms with van der Waals surface area (Å²) in [4.78, 5) is 23.1. The van der Waals surface area contributed by atoms with Gasteiger partial charge in [-0.1, -0.05) is 23.2 Å². The number of anilines is 1. The third kappa shape index (κ3) is 7.41. The number of nitrogens with zero attached hydrogens (tertiary/aromatic N) is 6. The summed E-state index contributed by atoms with van der Waals surface area (Å²) in [5.41, 5.74) is 0. The van der Waals surface area contributed by atoms with Crippen LogP contribution in [0.25, 0.3) is 0 Å². The highest BCUT2D eigenvalue weighted by molar-refractivity contribution is 6.31. The normalized spacial score (nSPS) is 11.1. The molecule has 13 heteroatoms. The van der Waals surface area contributed by atoms with Crippen LogP contribution >= 0.6 is 34.8 Å². The number of nitrogens with one attached hydrogen (secondary N) is 1. The van der Waals surface area contributed by atoms with Gasteiger partial charge in [0.25, 0.3) is 0 Å². The molecule has 3 heterocycles. The first-order chi connectivity index (χ1) is 13.8. The van der Waals surface area contributed by atoms with Gasteiger partial charge in [-0.3, -0.25) is 0 Å². The summed E-state index contributed by atoms with van der Waals surface area (Å²) in [6, 6.07) is 2.67. The zero-order chi connectivity index (χ0) is 21.4. The molecule has 0 saturated heterocycles. The first-order valence-electron chi connectivity index (χ1n) is 7.87. The molecule has 29 heavy (non-hydrogen) atoms. The van der Waals surface area contributed by atoms with E-state index in [0.717, 1.165) is 12.4 Å².